The molecule has 14 rings (SSSR count). The van der Waals surface area contributed by atoms with Crippen molar-refractivity contribution in [3.05, 3.63) is 242 Å². The first-order chi connectivity index (χ1) is 34.9. The monoisotopic (exact) mass is 910 g/mol. The van der Waals surface area contributed by atoms with Crippen molar-refractivity contribution < 1.29 is 4.74 Å². The van der Waals surface area contributed by atoms with E-state index in [-0.39, 0.29) is 18.8 Å². The van der Waals surface area contributed by atoms with Gasteiger partial charge in [-0.15, -0.1) is 0 Å². The van der Waals surface area contributed by atoms with Crippen LogP contribution < -0.4 is 57.1 Å². The number of fused-ring (bicyclic) bond motifs is 8. The van der Waals surface area contributed by atoms with Gasteiger partial charge >= 0.3 is 0 Å². The van der Waals surface area contributed by atoms with Crippen molar-refractivity contribution in [3.8, 4) is 11.5 Å². The Morgan fingerprint density at radius 2 is 0.761 bits per heavy atom. The SMILES string of the molecule is CC(C)(C)c1cc2c3c(c1)N(c1ccccc1)c1cc4c(cc1B3c1ccccc1N2c1ccccc1)B1c2ccccc2N(c2ccccc2)c2cc(N(c3ccccc3)c3ccccc3)cc(c21)O4. The van der Waals surface area contributed by atoms with Crippen LogP contribution in [0.3, 0.4) is 0 Å². The van der Waals surface area contributed by atoms with Crippen LogP contribution in [0.25, 0.3) is 0 Å². The number of anilines is 12. The van der Waals surface area contributed by atoms with Crippen LogP contribution in [-0.2, 0) is 5.41 Å². The van der Waals surface area contributed by atoms with Crippen molar-refractivity contribution in [1.29, 1.82) is 0 Å². The molecule has 7 heteroatoms. The van der Waals surface area contributed by atoms with E-state index in [1.165, 1.54) is 49.9 Å². The van der Waals surface area contributed by atoms with Crippen LogP contribution in [0.1, 0.15) is 26.3 Å². The van der Waals surface area contributed by atoms with Crippen LogP contribution in [0.5, 0.6) is 11.5 Å². The molecule has 0 bridgehead atoms. The Morgan fingerprint density at radius 3 is 1.25 bits per heavy atom. The molecule has 0 unspecified atom stereocenters. The highest BCUT2D eigenvalue weighted by atomic mass is 16.5. The van der Waals surface area contributed by atoms with Gasteiger partial charge in [-0.25, -0.2) is 0 Å². The van der Waals surface area contributed by atoms with Crippen molar-refractivity contribution >= 4 is 114 Å². The third kappa shape index (κ3) is 6.42. The molecule has 4 heterocycles. The molecule has 0 aliphatic carbocycles. The Bertz CT molecular complexity index is 3660. The molecule has 5 nitrogen and oxygen atoms in total. The first kappa shape index (κ1) is 41.3. The lowest BCUT2D eigenvalue weighted by atomic mass is 9.30. The molecule has 336 valence electrons. The van der Waals surface area contributed by atoms with Gasteiger partial charge in [-0.1, -0.05) is 154 Å². The Morgan fingerprint density at radius 1 is 0.338 bits per heavy atom. The maximum atomic E-state index is 7.57. The van der Waals surface area contributed by atoms with E-state index in [4.69, 9.17) is 4.74 Å². The lowest BCUT2D eigenvalue weighted by molar-refractivity contribution is 0.488. The zero-order valence-electron chi connectivity index (χ0n) is 39.9. The second-order valence-electron chi connectivity index (χ2n) is 20.1. The number of para-hydroxylation sites is 7. The van der Waals surface area contributed by atoms with Gasteiger partial charge in [0, 0.05) is 74.7 Å². The highest BCUT2D eigenvalue weighted by molar-refractivity contribution is 7.02. The zero-order chi connectivity index (χ0) is 47.4. The van der Waals surface area contributed by atoms with Crippen LogP contribution in [0.2, 0.25) is 0 Å². The van der Waals surface area contributed by atoms with Gasteiger partial charge in [0.25, 0.3) is 13.4 Å². The summed E-state index contributed by atoms with van der Waals surface area (Å²) in [6.45, 7) is 6.81. The Kier molecular flexibility index (Phi) is 9.28. The van der Waals surface area contributed by atoms with E-state index in [2.05, 4.69) is 277 Å². The largest absolute Gasteiger partial charge is 0.458 e. The summed E-state index contributed by atoms with van der Waals surface area (Å²) >= 11 is 0. The smallest absolute Gasteiger partial charge is 0.256 e. The van der Waals surface area contributed by atoms with Gasteiger partial charge in [0.1, 0.15) is 11.5 Å². The molecular formula is C64H48B2N4O. The molecule has 0 fully saturated rings. The summed E-state index contributed by atoms with van der Waals surface area (Å²) < 4.78 is 7.57. The normalized spacial score (nSPS) is 13.5. The number of ether oxygens (including phenoxy) is 1. The molecule has 0 saturated heterocycles. The van der Waals surface area contributed by atoms with Crippen LogP contribution in [-0.4, -0.2) is 13.4 Å². The lowest BCUT2D eigenvalue weighted by Crippen LogP contribution is -2.64. The van der Waals surface area contributed by atoms with Gasteiger partial charge in [-0.2, -0.15) is 0 Å². The molecule has 0 radical (unpaired) electrons. The Labute approximate surface area is 416 Å². The van der Waals surface area contributed by atoms with Crippen molar-refractivity contribution in [2.24, 2.45) is 0 Å². The topological polar surface area (TPSA) is 22.2 Å². The molecule has 0 amide bonds. The summed E-state index contributed by atoms with van der Waals surface area (Å²) in [6.07, 6.45) is 0. The first-order valence-electron chi connectivity index (χ1n) is 24.7. The molecule has 0 aromatic heterocycles. The fourth-order valence-electron chi connectivity index (χ4n) is 11.9. The average molecular weight is 911 g/mol. The summed E-state index contributed by atoms with van der Waals surface area (Å²) in [5.74, 6) is 1.72. The number of hydrogen-bond acceptors (Lipinski definition) is 5. The van der Waals surface area contributed by atoms with Gasteiger partial charge in [-0.3, -0.25) is 0 Å². The van der Waals surface area contributed by atoms with Gasteiger partial charge in [0.05, 0.1) is 5.69 Å². The molecular weight excluding hydrogens is 862 g/mol. The quantitative estimate of drug-likeness (QED) is 0.155. The number of benzene rings is 10. The molecule has 0 spiro atoms. The molecule has 4 aliphatic heterocycles. The highest BCUT2D eigenvalue weighted by Crippen LogP contribution is 2.49. The molecule has 0 N–H and O–H groups in total. The van der Waals surface area contributed by atoms with Gasteiger partial charge in [0.2, 0.25) is 0 Å². The minimum absolute atomic E-state index is 0.0568. The third-order valence-electron chi connectivity index (χ3n) is 15.0. The van der Waals surface area contributed by atoms with E-state index >= 15 is 0 Å². The first-order valence-corrected chi connectivity index (χ1v) is 24.7. The Balaban J connectivity index is 1.06. The van der Waals surface area contributed by atoms with Gasteiger partial charge in [0.15, 0.2) is 0 Å². The van der Waals surface area contributed by atoms with E-state index in [9.17, 15) is 0 Å². The van der Waals surface area contributed by atoms with Crippen molar-refractivity contribution in [3.63, 3.8) is 0 Å². The standard InChI is InChI=1S/C64H48B2N4O/c1-64(2,3)43-37-57-62-58(38-43)70(48-31-17-8-18-32-48)56-42-60-53(41-52(56)65(62)50-33-19-21-35-54(50)68(57)46-27-13-6-14-28-46)66-51-34-20-22-36-55(51)69(47-29-15-7-16-30-47)59-39-49(40-61(71-60)63(59)66)67(44-23-9-4-10-24-44)45-25-11-5-12-26-45/h4-42H,1-3H3. The molecule has 10 aromatic rings. The minimum Gasteiger partial charge on any atom is -0.458 e. The predicted octanol–water partition coefficient (Wildman–Crippen LogP) is 12.9. The van der Waals surface area contributed by atoms with Gasteiger partial charge < -0.3 is 24.3 Å². The van der Waals surface area contributed by atoms with Crippen LogP contribution in [0, 0.1) is 0 Å². The van der Waals surface area contributed by atoms with E-state index < -0.39 is 0 Å². The fraction of sp³-hybridized carbons (Fsp3) is 0.0625. The number of rotatable bonds is 6. The minimum atomic E-state index is -0.129. The predicted molar refractivity (Wildman–Crippen MR) is 300 cm³/mol. The van der Waals surface area contributed by atoms with Crippen molar-refractivity contribution in [2.45, 2.75) is 26.2 Å². The third-order valence-corrected chi connectivity index (χ3v) is 15.0. The number of nitrogens with zero attached hydrogens (tertiary/aromatic N) is 4. The maximum Gasteiger partial charge on any atom is 0.256 e. The summed E-state index contributed by atoms with van der Waals surface area (Å²) in [6, 6.07) is 86.5. The van der Waals surface area contributed by atoms with Crippen molar-refractivity contribution in [1.82, 2.24) is 0 Å². The summed E-state index contributed by atoms with van der Waals surface area (Å²) in [5, 5.41) is 0. The maximum absolute atomic E-state index is 7.57. The van der Waals surface area contributed by atoms with E-state index in [1.54, 1.807) is 0 Å². The van der Waals surface area contributed by atoms with E-state index in [0.29, 0.717) is 0 Å². The van der Waals surface area contributed by atoms with E-state index in [0.717, 1.165) is 68.1 Å². The molecule has 0 atom stereocenters. The average Bonchev–Trinajstić information content (AvgIpc) is 3.41. The zero-order valence-corrected chi connectivity index (χ0v) is 39.9. The van der Waals surface area contributed by atoms with Crippen LogP contribution in [0.4, 0.5) is 68.2 Å². The fourth-order valence-corrected chi connectivity index (χ4v) is 11.9. The summed E-state index contributed by atoms with van der Waals surface area (Å²) in [7, 11) is 0. The van der Waals surface area contributed by atoms with Crippen molar-refractivity contribution in [2.75, 3.05) is 19.6 Å². The second-order valence-corrected chi connectivity index (χ2v) is 20.1. The van der Waals surface area contributed by atoms with Crippen LogP contribution >= 0.6 is 0 Å². The summed E-state index contributed by atoms with van der Waals surface area (Å²) in [4.78, 5) is 9.80. The molecule has 71 heavy (non-hydrogen) atoms. The van der Waals surface area contributed by atoms with E-state index in [1.807, 2.05) is 0 Å². The molecule has 4 aliphatic rings. The molecule has 0 saturated carbocycles. The van der Waals surface area contributed by atoms with Crippen LogP contribution in [0.15, 0.2) is 237 Å². The highest BCUT2D eigenvalue weighted by Gasteiger charge is 2.48. The second kappa shape index (κ2) is 15.9. The Hall–Kier alpha value is -8.67. The van der Waals surface area contributed by atoms with Gasteiger partial charge in [-0.05, 0) is 135 Å². The lowest BCUT2D eigenvalue weighted by Gasteiger charge is -2.46. The molecule has 10 aromatic carbocycles. The summed E-state index contributed by atoms with van der Waals surface area (Å²) in [5.41, 5.74) is 22.1. The number of hydrogen-bond donors (Lipinski definition) is 0.